The first-order chi connectivity index (χ1) is 13.3. The Labute approximate surface area is 169 Å². The summed E-state index contributed by atoms with van der Waals surface area (Å²) in [5.41, 5.74) is 1.96. The van der Waals surface area contributed by atoms with Crippen LogP contribution in [0, 0.1) is 0 Å². The van der Waals surface area contributed by atoms with Crippen molar-refractivity contribution >= 4 is 34.3 Å². The van der Waals surface area contributed by atoms with Gasteiger partial charge < -0.3 is 14.2 Å². The zero-order valence-corrected chi connectivity index (χ0v) is 17.2. The number of hydrogen-bond donors (Lipinski definition) is 1. The fourth-order valence-corrected chi connectivity index (χ4v) is 3.82. The lowest BCUT2D eigenvalue weighted by Gasteiger charge is -2.14. The molecule has 0 saturated heterocycles. The molecule has 1 unspecified atom stereocenters. The quantitative estimate of drug-likeness (QED) is 0.317. The highest BCUT2D eigenvalue weighted by Crippen LogP contribution is 2.50. The van der Waals surface area contributed by atoms with Gasteiger partial charge >= 0.3 is 13.8 Å². The molecule has 1 N–H and O–H groups in total. The van der Waals surface area contributed by atoms with Gasteiger partial charge in [-0.15, -0.1) is 0 Å². The highest BCUT2D eigenvalue weighted by molar-refractivity contribution is 9.10. The number of hydrogen-bond acceptors (Lipinski definition) is 3. The third-order valence-electron chi connectivity index (χ3n) is 4.09. The third-order valence-corrected chi connectivity index (χ3v) is 5.66. The summed E-state index contributed by atoms with van der Waals surface area (Å²) in [4.78, 5) is 9.12. The molecule has 1 atom stereocenters. The second kappa shape index (κ2) is 9.14. The van der Waals surface area contributed by atoms with Gasteiger partial charge in [-0.05, 0) is 56.4 Å². The number of rotatable bonds is 8. The maximum Gasteiger partial charge on any atom is 0.442 e. The van der Waals surface area contributed by atoms with Crippen LogP contribution in [0.1, 0.15) is 11.1 Å². The van der Waals surface area contributed by atoms with E-state index in [4.69, 9.17) is 9.63 Å². The van der Waals surface area contributed by atoms with Gasteiger partial charge in [0.1, 0.15) is 5.75 Å². The predicted octanol–water partition coefficient (Wildman–Crippen LogP) is 6.15. The van der Waals surface area contributed by atoms with Crippen LogP contribution in [0.15, 0.2) is 65.1 Å². The molecular weight excluding hydrogens is 453 g/mol. The molecular formula is C20H18BrF2O4P. The van der Waals surface area contributed by atoms with Crippen LogP contribution in [-0.4, -0.2) is 17.7 Å². The molecule has 0 fully saturated rings. The predicted molar refractivity (Wildman–Crippen MR) is 108 cm³/mol. The van der Waals surface area contributed by atoms with Crippen molar-refractivity contribution in [1.29, 1.82) is 0 Å². The minimum Gasteiger partial charge on any atom is -0.420 e. The van der Waals surface area contributed by atoms with E-state index in [1.807, 2.05) is 12.1 Å². The first-order valence-electron chi connectivity index (χ1n) is 8.49. The van der Waals surface area contributed by atoms with E-state index in [0.717, 1.165) is 12.0 Å². The topological polar surface area (TPSA) is 55.8 Å². The smallest absolute Gasteiger partial charge is 0.420 e. The molecule has 148 valence electrons. The molecule has 3 aromatic rings. The van der Waals surface area contributed by atoms with Gasteiger partial charge in [-0.1, -0.05) is 48.5 Å². The number of benzene rings is 3. The summed E-state index contributed by atoms with van der Waals surface area (Å²) in [6, 6.07) is 19.0. The molecule has 3 rings (SSSR count). The van der Waals surface area contributed by atoms with E-state index < -0.39 is 13.8 Å². The van der Waals surface area contributed by atoms with Gasteiger partial charge in [0.25, 0.3) is 0 Å². The summed E-state index contributed by atoms with van der Waals surface area (Å²) in [6.45, 7) is 0.837. The van der Waals surface area contributed by atoms with Crippen molar-refractivity contribution in [1.82, 2.24) is 0 Å². The van der Waals surface area contributed by atoms with Gasteiger partial charge in [-0.3, -0.25) is 0 Å². The normalized spacial score (nSPS) is 13.6. The van der Waals surface area contributed by atoms with Crippen molar-refractivity contribution in [2.45, 2.75) is 19.2 Å². The average molecular weight is 471 g/mol. The Balaban J connectivity index is 1.53. The van der Waals surface area contributed by atoms with Crippen molar-refractivity contribution in [3.05, 3.63) is 76.3 Å². The maximum absolute atomic E-state index is 12.5. The number of alkyl halides is 2. The van der Waals surface area contributed by atoms with E-state index in [-0.39, 0.29) is 5.75 Å². The summed E-state index contributed by atoms with van der Waals surface area (Å²) in [5, 5.41) is 2.38. The van der Waals surface area contributed by atoms with Crippen molar-refractivity contribution in [3.63, 3.8) is 0 Å². The van der Waals surface area contributed by atoms with Crippen LogP contribution in [0.5, 0.6) is 5.75 Å². The van der Waals surface area contributed by atoms with Crippen LogP contribution in [0.3, 0.4) is 0 Å². The Morgan fingerprint density at radius 3 is 2.43 bits per heavy atom. The molecule has 0 radical (unpaired) electrons. The van der Waals surface area contributed by atoms with Crippen LogP contribution in [-0.2, 0) is 22.3 Å². The SMILES string of the molecule is O=P(O)(Oc1ccc(COCCc2ccc3ccccc3c2)cc1Br)C(F)F. The fraction of sp³-hybridized carbons (Fsp3) is 0.200. The molecule has 0 aliphatic rings. The highest BCUT2D eigenvalue weighted by Gasteiger charge is 2.34. The number of ether oxygens (including phenoxy) is 1. The highest BCUT2D eigenvalue weighted by atomic mass is 79.9. The van der Waals surface area contributed by atoms with Gasteiger partial charge in [0.2, 0.25) is 0 Å². The van der Waals surface area contributed by atoms with Gasteiger partial charge in [-0.25, -0.2) is 4.57 Å². The monoisotopic (exact) mass is 470 g/mol. The molecule has 28 heavy (non-hydrogen) atoms. The van der Waals surface area contributed by atoms with Crippen LogP contribution >= 0.6 is 23.5 Å². The van der Waals surface area contributed by atoms with E-state index in [2.05, 4.69) is 50.8 Å². The Kier molecular flexibility index (Phi) is 6.83. The van der Waals surface area contributed by atoms with Gasteiger partial charge in [-0.2, -0.15) is 8.78 Å². The molecule has 8 heteroatoms. The lowest BCUT2D eigenvalue weighted by molar-refractivity contribution is 0.124. The maximum atomic E-state index is 12.5. The van der Waals surface area contributed by atoms with E-state index in [9.17, 15) is 13.3 Å². The van der Waals surface area contributed by atoms with Gasteiger partial charge in [0.15, 0.2) is 0 Å². The molecule has 0 aliphatic heterocycles. The Morgan fingerprint density at radius 2 is 1.71 bits per heavy atom. The minimum absolute atomic E-state index is 0.119. The molecule has 0 amide bonds. The summed E-state index contributed by atoms with van der Waals surface area (Å²) < 4.78 is 46.7. The Hall–Kier alpha value is -1.79. The molecule has 0 spiro atoms. The molecule has 3 aromatic carbocycles. The largest absolute Gasteiger partial charge is 0.442 e. The molecule has 0 heterocycles. The van der Waals surface area contributed by atoms with Crippen molar-refractivity contribution in [2.75, 3.05) is 6.61 Å². The lowest BCUT2D eigenvalue weighted by atomic mass is 10.1. The van der Waals surface area contributed by atoms with Gasteiger partial charge in [0.05, 0.1) is 17.7 Å². The molecule has 4 nitrogen and oxygen atoms in total. The van der Waals surface area contributed by atoms with E-state index >= 15 is 0 Å². The Morgan fingerprint density at radius 1 is 1.00 bits per heavy atom. The van der Waals surface area contributed by atoms with Crippen LogP contribution in [0.2, 0.25) is 0 Å². The van der Waals surface area contributed by atoms with Crippen molar-refractivity contribution in [3.8, 4) is 5.75 Å². The van der Waals surface area contributed by atoms with Crippen molar-refractivity contribution < 1.29 is 27.5 Å². The molecule has 0 aromatic heterocycles. The van der Waals surface area contributed by atoms with Crippen LogP contribution in [0.4, 0.5) is 8.78 Å². The second-order valence-corrected chi connectivity index (χ2v) is 8.74. The van der Waals surface area contributed by atoms with Crippen LogP contribution < -0.4 is 4.52 Å². The summed E-state index contributed by atoms with van der Waals surface area (Å²) >= 11 is 3.16. The molecule has 0 saturated carbocycles. The second-order valence-electron chi connectivity index (χ2n) is 6.18. The molecule has 0 aliphatic carbocycles. The zero-order valence-electron chi connectivity index (χ0n) is 14.7. The summed E-state index contributed by atoms with van der Waals surface area (Å²) in [5.74, 6) is -0.119. The van der Waals surface area contributed by atoms with Gasteiger partial charge in [0, 0.05) is 0 Å². The van der Waals surface area contributed by atoms with E-state index in [0.29, 0.717) is 17.7 Å². The number of fused-ring (bicyclic) bond motifs is 1. The minimum atomic E-state index is -5.00. The van der Waals surface area contributed by atoms with Crippen LogP contribution in [0.25, 0.3) is 10.8 Å². The first-order valence-corrected chi connectivity index (χ1v) is 10.9. The average Bonchev–Trinajstić information content (AvgIpc) is 2.67. The number of halogens is 3. The molecule has 0 bridgehead atoms. The standard InChI is InChI=1S/C20H18BrF2O4P/c21-18-12-15(6-8-19(18)27-28(24,25)20(22)23)13-26-10-9-14-5-7-16-3-1-2-4-17(16)11-14/h1-8,11-12,20H,9-10,13H2,(H,24,25). The Bertz CT molecular complexity index is 1010. The third kappa shape index (κ3) is 5.39. The summed E-state index contributed by atoms with van der Waals surface area (Å²) in [6.07, 6.45) is -2.70. The van der Waals surface area contributed by atoms with E-state index in [1.165, 1.54) is 22.4 Å². The van der Waals surface area contributed by atoms with E-state index in [1.54, 1.807) is 12.1 Å². The zero-order chi connectivity index (χ0) is 20.1. The van der Waals surface area contributed by atoms with Crippen molar-refractivity contribution in [2.24, 2.45) is 0 Å². The summed E-state index contributed by atoms with van der Waals surface area (Å²) in [7, 11) is -5.00. The lowest BCUT2D eigenvalue weighted by Crippen LogP contribution is -2.02. The fourth-order valence-electron chi connectivity index (χ4n) is 2.66. The first kappa shape index (κ1) is 20.9.